The van der Waals surface area contributed by atoms with Gasteiger partial charge in [-0.2, -0.15) is 0 Å². The molecule has 32 heavy (non-hydrogen) atoms. The number of ether oxygens (including phenoxy) is 1. The van der Waals surface area contributed by atoms with Gasteiger partial charge in [0.05, 0.1) is 19.5 Å². The van der Waals surface area contributed by atoms with Crippen molar-refractivity contribution in [3.63, 3.8) is 0 Å². The Hall–Kier alpha value is -2.39. The van der Waals surface area contributed by atoms with E-state index >= 15 is 0 Å². The first-order valence-electron chi connectivity index (χ1n) is 10.8. The SMILES string of the molecule is CN=C(NCc1ccc(Cn2ccnc2)cc1)N1CCOC(c2ccc(C)cc2C)C1.I. The fraction of sp³-hybridized carbons (Fsp3) is 0.360. The minimum atomic E-state index is 0. The maximum Gasteiger partial charge on any atom is 0.194 e. The molecule has 3 aromatic rings. The van der Waals surface area contributed by atoms with E-state index in [1.165, 1.54) is 27.8 Å². The molecule has 0 amide bonds. The average molecular weight is 545 g/mol. The zero-order valence-electron chi connectivity index (χ0n) is 19.0. The van der Waals surface area contributed by atoms with Crippen LogP contribution in [-0.4, -0.2) is 47.2 Å². The van der Waals surface area contributed by atoms with Gasteiger partial charge in [0.2, 0.25) is 0 Å². The number of halogens is 1. The highest BCUT2D eigenvalue weighted by Gasteiger charge is 2.25. The van der Waals surface area contributed by atoms with Gasteiger partial charge in [-0.15, -0.1) is 24.0 Å². The average Bonchev–Trinajstić information content (AvgIpc) is 3.29. The summed E-state index contributed by atoms with van der Waals surface area (Å²) in [5.74, 6) is 0.917. The van der Waals surface area contributed by atoms with Gasteiger partial charge in [0.1, 0.15) is 6.10 Å². The van der Waals surface area contributed by atoms with Crippen LogP contribution in [0.4, 0.5) is 0 Å². The van der Waals surface area contributed by atoms with E-state index < -0.39 is 0 Å². The molecule has 4 rings (SSSR count). The Balaban J connectivity index is 0.00000289. The largest absolute Gasteiger partial charge is 0.370 e. The fourth-order valence-electron chi connectivity index (χ4n) is 4.08. The minimum Gasteiger partial charge on any atom is -0.370 e. The molecule has 0 aliphatic carbocycles. The third-order valence-electron chi connectivity index (χ3n) is 5.75. The lowest BCUT2D eigenvalue weighted by Gasteiger charge is -2.36. The van der Waals surface area contributed by atoms with Gasteiger partial charge in [-0.1, -0.05) is 48.0 Å². The van der Waals surface area contributed by atoms with Crippen LogP contribution in [0.25, 0.3) is 0 Å². The molecule has 2 heterocycles. The number of hydrogen-bond donors (Lipinski definition) is 1. The summed E-state index contributed by atoms with van der Waals surface area (Å²) in [5, 5.41) is 3.52. The summed E-state index contributed by atoms with van der Waals surface area (Å²) < 4.78 is 8.17. The molecule has 1 aromatic heterocycles. The van der Waals surface area contributed by atoms with Gasteiger partial charge in [-0.3, -0.25) is 4.99 Å². The third kappa shape index (κ3) is 6.10. The minimum absolute atomic E-state index is 0. The van der Waals surface area contributed by atoms with Crippen LogP contribution >= 0.6 is 24.0 Å². The molecule has 6 nitrogen and oxygen atoms in total. The Bertz CT molecular complexity index is 1020. The zero-order chi connectivity index (χ0) is 21.6. The second-order valence-corrected chi connectivity index (χ2v) is 8.12. The van der Waals surface area contributed by atoms with Gasteiger partial charge in [-0.25, -0.2) is 4.98 Å². The topological polar surface area (TPSA) is 54.7 Å². The standard InChI is InChI=1S/C25H31N5O.HI/c1-19-4-9-23(20(2)14-19)24-17-30(12-13-31-24)25(26-3)28-15-21-5-7-22(8-6-21)16-29-11-10-27-18-29;/h4-11,14,18,24H,12-13,15-17H2,1-3H3,(H,26,28);1H. The molecule has 1 N–H and O–H groups in total. The van der Waals surface area contributed by atoms with E-state index in [1.807, 2.05) is 19.6 Å². The van der Waals surface area contributed by atoms with Gasteiger partial charge < -0.3 is 19.5 Å². The number of imidazole rings is 1. The number of rotatable bonds is 5. The first kappa shape index (κ1) is 24.3. The van der Waals surface area contributed by atoms with E-state index in [-0.39, 0.29) is 30.1 Å². The summed E-state index contributed by atoms with van der Waals surface area (Å²) in [6.45, 7) is 8.20. The summed E-state index contributed by atoms with van der Waals surface area (Å²) in [7, 11) is 1.85. The highest BCUT2D eigenvalue weighted by molar-refractivity contribution is 14.0. The number of aliphatic imine (C=N–C) groups is 1. The smallest absolute Gasteiger partial charge is 0.194 e. The van der Waals surface area contributed by atoms with Crippen molar-refractivity contribution < 1.29 is 4.74 Å². The van der Waals surface area contributed by atoms with Crippen molar-refractivity contribution in [2.45, 2.75) is 33.0 Å². The summed E-state index contributed by atoms with van der Waals surface area (Å²) in [6.07, 6.45) is 5.69. The van der Waals surface area contributed by atoms with Gasteiger partial charge in [0.25, 0.3) is 0 Å². The molecule has 7 heteroatoms. The van der Waals surface area contributed by atoms with Crippen molar-refractivity contribution >= 4 is 29.9 Å². The molecule has 0 radical (unpaired) electrons. The van der Waals surface area contributed by atoms with Crippen molar-refractivity contribution in [2.75, 3.05) is 26.7 Å². The van der Waals surface area contributed by atoms with Crippen LogP contribution in [0.2, 0.25) is 0 Å². The number of hydrogen-bond acceptors (Lipinski definition) is 3. The lowest BCUT2D eigenvalue weighted by molar-refractivity contribution is -0.00834. The van der Waals surface area contributed by atoms with Gasteiger partial charge in [-0.05, 0) is 36.1 Å². The van der Waals surface area contributed by atoms with Crippen LogP contribution in [0.5, 0.6) is 0 Å². The van der Waals surface area contributed by atoms with Gasteiger partial charge >= 0.3 is 0 Å². The zero-order valence-corrected chi connectivity index (χ0v) is 21.3. The number of aryl methyl sites for hydroxylation is 2. The maximum atomic E-state index is 6.10. The van der Waals surface area contributed by atoms with E-state index in [4.69, 9.17) is 4.74 Å². The Kier molecular flexibility index (Phi) is 8.69. The quantitative estimate of drug-likeness (QED) is 0.295. The molecule has 0 spiro atoms. The predicted octanol–water partition coefficient (Wildman–Crippen LogP) is 4.32. The summed E-state index contributed by atoms with van der Waals surface area (Å²) in [6, 6.07) is 15.3. The summed E-state index contributed by atoms with van der Waals surface area (Å²) in [5.41, 5.74) is 6.32. The number of benzene rings is 2. The first-order chi connectivity index (χ1) is 15.1. The third-order valence-corrected chi connectivity index (χ3v) is 5.75. The molecule has 1 fully saturated rings. The molecule has 1 saturated heterocycles. The molecule has 1 unspecified atom stereocenters. The Morgan fingerprint density at radius 3 is 2.62 bits per heavy atom. The second-order valence-electron chi connectivity index (χ2n) is 8.12. The molecule has 1 atom stereocenters. The molecular weight excluding hydrogens is 513 g/mol. The highest BCUT2D eigenvalue weighted by Crippen LogP contribution is 2.26. The van der Waals surface area contributed by atoms with E-state index in [1.54, 1.807) is 6.20 Å². The second kappa shape index (κ2) is 11.5. The normalized spacial score (nSPS) is 16.5. The Labute approximate surface area is 207 Å². The highest BCUT2D eigenvalue weighted by atomic mass is 127. The van der Waals surface area contributed by atoms with Crippen molar-refractivity contribution in [2.24, 2.45) is 4.99 Å². The molecule has 2 aromatic carbocycles. The van der Waals surface area contributed by atoms with Crippen LogP contribution in [0.1, 0.15) is 33.9 Å². The van der Waals surface area contributed by atoms with Crippen molar-refractivity contribution in [3.05, 3.63) is 89.0 Å². The predicted molar refractivity (Wildman–Crippen MR) is 140 cm³/mol. The van der Waals surface area contributed by atoms with Crippen LogP contribution in [-0.2, 0) is 17.8 Å². The van der Waals surface area contributed by atoms with Crippen molar-refractivity contribution in [1.29, 1.82) is 0 Å². The van der Waals surface area contributed by atoms with E-state index in [0.717, 1.165) is 32.1 Å². The lowest BCUT2D eigenvalue weighted by Crippen LogP contribution is -2.48. The van der Waals surface area contributed by atoms with Crippen molar-refractivity contribution in [1.82, 2.24) is 19.8 Å². The number of morpholine rings is 1. The van der Waals surface area contributed by atoms with E-state index in [2.05, 4.69) is 81.1 Å². The number of nitrogens with zero attached hydrogens (tertiary/aromatic N) is 4. The van der Waals surface area contributed by atoms with Crippen molar-refractivity contribution in [3.8, 4) is 0 Å². The van der Waals surface area contributed by atoms with Crippen LogP contribution in [0.15, 0.2) is 66.2 Å². The van der Waals surface area contributed by atoms with Crippen LogP contribution in [0, 0.1) is 13.8 Å². The molecule has 0 saturated carbocycles. The van der Waals surface area contributed by atoms with E-state index in [9.17, 15) is 0 Å². The molecule has 1 aliphatic heterocycles. The lowest BCUT2D eigenvalue weighted by atomic mass is 10.00. The Morgan fingerprint density at radius 2 is 1.94 bits per heavy atom. The summed E-state index contributed by atoms with van der Waals surface area (Å²) in [4.78, 5) is 10.9. The van der Waals surface area contributed by atoms with Crippen LogP contribution in [0.3, 0.4) is 0 Å². The van der Waals surface area contributed by atoms with E-state index in [0.29, 0.717) is 6.61 Å². The monoisotopic (exact) mass is 545 g/mol. The number of guanidine groups is 1. The maximum absolute atomic E-state index is 6.10. The summed E-state index contributed by atoms with van der Waals surface area (Å²) >= 11 is 0. The van der Waals surface area contributed by atoms with Crippen LogP contribution < -0.4 is 5.32 Å². The number of aromatic nitrogens is 2. The number of nitrogens with one attached hydrogen (secondary N) is 1. The first-order valence-corrected chi connectivity index (χ1v) is 10.8. The van der Waals surface area contributed by atoms with Gasteiger partial charge in [0, 0.05) is 39.1 Å². The Morgan fingerprint density at radius 1 is 1.16 bits per heavy atom. The van der Waals surface area contributed by atoms with Gasteiger partial charge in [0.15, 0.2) is 5.96 Å². The molecular formula is C25H32IN5O. The fourth-order valence-corrected chi connectivity index (χ4v) is 4.08. The molecule has 170 valence electrons. The molecule has 0 bridgehead atoms. The molecule has 1 aliphatic rings.